The van der Waals surface area contributed by atoms with Crippen LogP contribution in [-0.2, 0) is 9.53 Å². The monoisotopic (exact) mass is 478 g/mol. The fourth-order valence-corrected chi connectivity index (χ4v) is 4.13. The highest BCUT2D eigenvalue weighted by atomic mass is 19.1. The van der Waals surface area contributed by atoms with Crippen LogP contribution in [0.2, 0.25) is 0 Å². The molecule has 0 aromatic heterocycles. The first-order valence-electron chi connectivity index (χ1n) is 11.2. The van der Waals surface area contributed by atoms with Crippen molar-refractivity contribution >= 4 is 17.4 Å². The standard InChI is InChI=1S/C24H25F2NO7/c1-13-15(25)4-3-5-17(13)33-12-24(2)14(10-19(28)29)22(30)20-18(34-24)11-16(21(26)23(20)31)27-6-8-32-9-7-27/h3-5,11,14,31H,6-10,12H2,1-2H3,(H,28,29)/i14D. The van der Waals surface area contributed by atoms with E-state index in [4.69, 9.17) is 15.6 Å². The van der Waals surface area contributed by atoms with Gasteiger partial charge in [-0.25, -0.2) is 8.78 Å². The molecular formula is C24H25F2NO7. The lowest BCUT2D eigenvalue weighted by Gasteiger charge is -2.41. The Hall–Kier alpha value is -3.40. The first kappa shape index (κ1) is 22.4. The number of rotatable bonds is 6. The number of carboxylic acids is 1. The Bertz CT molecular complexity index is 1190. The van der Waals surface area contributed by atoms with E-state index in [1.807, 2.05) is 0 Å². The number of aliphatic carboxylic acids is 1. The summed E-state index contributed by atoms with van der Waals surface area (Å²) in [6.45, 7) is 3.66. The molecule has 2 aromatic carbocycles. The van der Waals surface area contributed by atoms with E-state index in [2.05, 4.69) is 0 Å². The zero-order chi connectivity index (χ0) is 25.5. The quantitative estimate of drug-likeness (QED) is 0.652. The normalized spacial score (nSPS) is 24.8. The average Bonchev–Trinajstić information content (AvgIpc) is 2.81. The Kier molecular flexibility index (Phi) is 5.99. The summed E-state index contributed by atoms with van der Waals surface area (Å²) in [5.74, 6) is -7.77. The van der Waals surface area contributed by atoms with Crippen molar-refractivity contribution in [3.63, 3.8) is 0 Å². The van der Waals surface area contributed by atoms with Crippen LogP contribution in [0.3, 0.4) is 0 Å². The molecule has 0 bridgehead atoms. The summed E-state index contributed by atoms with van der Waals surface area (Å²) in [5.41, 5.74) is -2.32. The summed E-state index contributed by atoms with van der Waals surface area (Å²) < 4.78 is 54.9. The Morgan fingerprint density at radius 3 is 2.74 bits per heavy atom. The van der Waals surface area contributed by atoms with Crippen LogP contribution in [0.4, 0.5) is 14.5 Å². The first-order chi connectivity index (χ1) is 16.5. The second kappa shape index (κ2) is 9.09. The molecule has 8 nitrogen and oxygen atoms in total. The minimum atomic E-state index is -2.49. The fraction of sp³-hybridized carbons (Fsp3) is 0.417. The van der Waals surface area contributed by atoms with E-state index >= 15 is 4.39 Å². The number of halogens is 2. The van der Waals surface area contributed by atoms with Crippen molar-refractivity contribution in [1.29, 1.82) is 0 Å². The van der Waals surface area contributed by atoms with Gasteiger partial charge < -0.3 is 29.3 Å². The van der Waals surface area contributed by atoms with Gasteiger partial charge >= 0.3 is 5.97 Å². The molecule has 0 aliphatic carbocycles. The van der Waals surface area contributed by atoms with Gasteiger partial charge in [0, 0.05) is 26.1 Å². The topological polar surface area (TPSA) is 106 Å². The molecule has 1 saturated heterocycles. The van der Waals surface area contributed by atoms with E-state index in [-0.39, 0.29) is 22.7 Å². The summed E-state index contributed by atoms with van der Waals surface area (Å²) in [7, 11) is 0. The number of benzene rings is 2. The zero-order valence-corrected chi connectivity index (χ0v) is 18.7. The summed E-state index contributed by atoms with van der Waals surface area (Å²) in [6.07, 6.45) is -1.00. The number of nitrogens with zero attached hydrogens (tertiary/aromatic N) is 1. The smallest absolute Gasteiger partial charge is 0.304 e. The lowest BCUT2D eigenvalue weighted by molar-refractivity contribution is -0.140. The molecule has 2 heterocycles. The number of phenolic OH excluding ortho intramolecular Hbond substituents is 1. The largest absolute Gasteiger partial charge is 0.504 e. The van der Waals surface area contributed by atoms with Gasteiger partial charge in [-0.1, -0.05) is 6.07 Å². The SMILES string of the molecule is [2H]C1(CC(=O)O)C(=O)c2c(cc(N3CCOCC3)c(F)c2O)OC1(C)COc1cccc(F)c1C. The Balaban J connectivity index is 1.79. The van der Waals surface area contributed by atoms with Crippen LogP contribution in [-0.4, -0.2) is 60.5 Å². The summed E-state index contributed by atoms with van der Waals surface area (Å²) >= 11 is 0. The van der Waals surface area contributed by atoms with Gasteiger partial charge in [-0.2, -0.15) is 0 Å². The Labute approximate surface area is 196 Å². The molecule has 34 heavy (non-hydrogen) atoms. The number of carbonyl (C=O) groups excluding carboxylic acids is 1. The number of hydrogen-bond acceptors (Lipinski definition) is 7. The molecule has 2 unspecified atom stereocenters. The van der Waals surface area contributed by atoms with Crippen LogP contribution in [0.1, 0.15) is 30.6 Å². The van der Waals surface area contributed by atoms with Crippen LogP contribution in [0.15, 0.2) is 24.3 Å². The average molecular weight is 478 g/mol. The number of aromatic hydroxyl groups is 1. The van der Waals surface area contributed by atoms with Crippen LogP contribution in [0.25, 0.3) is 0 Å². The maximum atomic E-state index is 15.1. The van der Waals surface area contributed by atoms with E-state index in [0.29, 0.717) is 26.3 Å². The van der Waals surface area contributed by atoms with E-state index in [1.165, 1.54) is 38.1 Å². The van der Waals surface area contributed by atoms with Crippen molar-refractivity contribution in [2.24, 2.45) is 5.89 Å². The number of ether oxygens (including phenoxy) is 3. The molecular weight excluding hydrogens is 452 g/mol. The third-order valence-electron chi connectivity index (χ3n) is 6.06. The highest BCUT2D eigenvalue weighted by Gasteiger charge is 2.50. The van der Waals surface area contributed by atoms with Gasteiger partial charge in [0.15, 0.2) is 23.0 Å². The van der Waals surface area contributed by atoms with Crippen LogP contribution in [0, 0.1) is 24.5 Å². The summed E-state index contributed by atoms with van der Waals surface area (Å²) in [5, 5.41) is 20.1. The van der Waals surface area contributed by atoms with Crippen molar-refractivity contribution in [3.05, 3.63) is 47.0 Å². The van der Waals surface area contributed by atoms with Gasteiger partial charge in [-0.3, -0.25) is 9.59 Å². The van der Waals surface area contributed by atoms with Crippen molar-refractivity contribution in [2.45, 2.75) is 25.9 Å². The van der Waals surface area contributed by atoms with Gasteiger partial charge in [-0.05, 0) is 26.0 Å². The number of phenols is 1. The summed E-state index contributed by atoms with van der Waals surface area (Å²) in [4.78, 5) is 26.7. The minimum absolute atomic E-state index is 0.0164. The molecule has 0 saturated carbocycles. The van der Waals surface area contributed by atoms with E-state index in [9.17, 15) is 24.2 Å². The zero-order valence-electron chi connectivity index (χ0n) is 19.7. The van der Waals surface area contributed by atoms with E-state index in [1.54, 1.807) is 4.90 Å². The first-order valence-corrected chi connectivity index (χ1v) is 10.7. The van der Waals surface area contributed by atoms with Crippen molar-refractivity contribution in [3.8, 4) is 17.2 Å². The highest BCUT2D eigenvalue weighted by molar-refractivity contribution is 6.06. The number of anilines is 1. The molecule has 1 fully saturated rings. The second-order valence-electron chi connectivity index (χ2n) is 8.39. The number of morpholine rings is 1. The van der Waals surface area contributed by atoms with E-state index in [0.717, 1.165) is 0 Å². The Morgan fingerprint density at radius 2 is 2.06 bits per heavy atom. The molecule has 0 amide bonds. The molecule has 0 spiro atoms. The van der Waals surface area contributed by atoms with Crippen molar-refractivity contribution in [1.82, 2.24) is 0 Å². The molecule has 2 atom stereocenters. The molecule has 4 rings (SSSR count). The van der Waals surface area contributed by atoms with Gasteiger partial charge in [0.25, 0.3) is 0 Å². The maximum absolute atomic E-state index is 15.1. The van der Waals surface area contributed by atoms with Gasteiger partial charge in [0.05, 0.1) is 31.2 Å². The number of Topliss-reactive ketones (excluding diaryl/α,β-unsaturated/α-hetero) is 1. The lowest BCUT2D eigenvalue weighted by atomic mass is 9.78. The number of hydrogen-bond donors (Lipinski definition) is 2. The van der Waals surface area contributed by atoms with Gasteiger partial charge in [-0.15, -0.1) is 0 Å². The predicted octanol–water partition coefficient (Wildman–Crippen LogP) is 3.32. The van der Waals surface area contributed by atoms with Crippen LogP contribution < -0.4 is 14.4 Å². The highest BCUT2D eigenvalue weighted by Crippen LogP contribution is 2.46. The third-order valence-corrected chi connectivity index (χ3v) is 6.06. The lowest BCUT2D eigenvalue weighted by Crippen LogP contribution is -2.53. The Morgan fingerprint density at radius 1 is 1.35 bits per heavy atom. The molecule has 2 N–H and O–H groups in total. The number of carbonyl (C=O) groups is 2. The molecule has 2 aliphatic rings. The molecule has 2 aromatic rings. The second-order valence-corrected chi connectivity index (χ2v) is 8.39. The maximum Gasteiger partial charge on any atom is 0.304 e. The molecule has 2 aliphatic heterocycles. The summed E-state index contributed by atoms with van der Waals surface area (Å²) in [6, 6.07) is 5.40. The number of fused-ring (bicyclic) bond motifs is 1. The van der Waals surface area contributed by atoms with Gasteiger partial charge in [0.2, 0.25) is 0 Å². The number of ketones is 1. The van der Waals surface area contributed by atoms with Crippen LogP contribution >= 0.6 is 0 Å². The minimum Gasteiger partial charge on any atom is -0.504 e. The fourth-order valence-electron chi connectivity index (χ4n) is 4.13. The third kappa shape index (κ3) is 4.25. The van der Waals surface area contributed by atoms with E-state index < -0.39 is 59.2 Å². The van der Waals surface area contributed by atoms with Crippen molar-refractivity contribution in [2.75, 3.05) is 37.8 Å². The molecule has 182 valence electrons. The van der Waals surface area contributed by atoms with Crippen molar-refractivity contribution < 1.29 is 44.2 Å². The predicted molar refractivity (Wildman–Crippen MR) is 117 cm³/mol. The van der Waals surface area contributed by atoms with Gasteiger partial charge in [0.1, 0.15) is 29.5 Å². The molecule has 0 radical (unpaired) electrons. The number of carboxylic acid groups (broad SMARTS) is 1. The molecule has 10 heteroatoms. The van der Waals surface area contributed by atoms with Crippen LogP contribution in [0.5, 0.6) is 17.2 Å².